The zero-order chi connectivity index (χ0) is 20.9. The molecule has 0 saturated carbocycles. The lowest BCUT2D eigenvalue weighted by Gasteiger charge is -2.36. The molecular weight excluding hydrogens is 380 g/mol. The minimum atomic E-state index is -0.0872. The highest BCUT2D eigenvalue weighted by molar-refractivity contribution is 5.89. The number of hydrogen-bond donors (Lipinski definition) is 1. The van der Waals surface area contributed by atoms with Crippen LogP contribution in [0.2, 0.25) is 0 Å². The van der Waals surface area contributed by atoms with Crippen LogP contribution in [0, 0.1) is 6.92 Å². The highest BCUT2D eigenvalue weighted by atomic mass is 16.5. The number of anilines is 3. The smallest absolute Gasteiger partial charge is 0.321 e. The molecule has 2 aliphatic rings. The predicted octanol–water partition coefficient (Wildman–Crippen LogP) is 3.14. The second kappa shape index (κ2) is 9.19. The Kier molecular flexibility index (Phi) is 6.21. The molecule has 2 aromatic rings. The molecule has 0 aliphatic carbocycles. The van der Waals surface area contributed by atoms with Gasteiger partial charge in [-0.25, -0.2) is 9.78 Å². The van der Waals surface area contributed by atoms with Crippen LogP contribution in [-0.4, -0.2) is 67.3 Å². The van der Waals surface area contributed by atoms with Gasteiger partial charge >= 0.3 is 6.03 Å². The summed E-state index contributed by atoms with van der Waals surface area (Å²) >= 11 is 0. The van der Waals surface area contributed by atoms with Gasteiger partial charge in [-0.1, -0.05) is 6.07 Å². The van der Waals surface area contributed by atoms with Crippen LogP contribution in [0.15, 0.2) is 30.3 Å². The van der Waals surface area contributed by atoms with Crippen molar-refractivity contribution in [2.75, 3.05) is 61.5 Å². The van der Waals surface area contributed by atoms with E-state index in [9.17, 15) is 4.79 Å². The normalized spacial score (nSPS) is 17.1. The molecule has 1 aromatic heterocycles. The SMILES string of the molecule is COc1cccc(NC(=O)N2CCN(c3cc(C)nc(N4CCCCC4)n3)CC2)c1. The van der Waals surface area contributed by atoms with E-state index in [-0.39, 0.29) is 6.03 Å². The zero-order valence-corrected chi connectivity index (χ0v) is 17.8. The second-order valence-corrected chi connectivity index (χ2v) is 7.85. The predicted molar refractivity (Wildman–Crippen MR) is 119 cm³/mol. The molecule has 30 heavy (non-hydrogen) atoms. The largest absolute Gasteiger partial charge is 0.497 e. The van der Waals surface area contributed by atoms with E-state index >= 15 is 0 Å². The first-order chi connectivity index (χ1) is 14.6. The first-order valence-corrected chi connectivity index (χ1v) is 10.7. The summed E-state index contributed by atoms with van der Waals surface area (Å²) in [6.07, 6.45) is 3.69. The van der Waals surface area contributed by atoms with Gasteiger partial charge in [-0.05, 0) is 38.3 Å². The number of ether oxygens (including phenoxy) is 1. The fourth-order valence-corrected chi connectivity index (χ4v) is 3.98. The lowest BCUT2D eigenvalue weighted by molar-refractivity contribution is 0.208. The number of aryl methyl sites for hydroxylation is 1. The number of carbonyl (C=O) groups excluding carboxylic acids is 1. The molecule has 160 valence electrons. The van der Waals surface area contributed by atoms with Crippen molar-refractivity contribution in [3.63, 3.8) is 0 Å². The summed E-state index contributed by atoms with van der Waals surface area (Å²) in [5.74, 6) is 2.51. The Balaban J connectivity index is 1.37. The van der Waals surface area contributed by atoms with Crippen LogP contribution >= 0.6 is 0 Å². The third-order valence-corrected chi connectivity index (χ3v) is 5.68. The number of benzene rings is 1. The monoisotopic (exact) mass is 410 g/mol. The van der Waals surface area contributed by atoms with Crippen molar-refractivity contribution < 1.29 is 9.53 Å². The summed E-state index contributed by atoms with van der Waals surface area (Å²) in [7, 11) is 1.62. The first kappa shape index (κ1) is 20.3. The number of piperazine rings is 1. The minimum absolute atomic E-state index is 0.0872. The summed E-state index contributed by atoms with van der Waals surface area (Å²) in [4.78, 5) is 28.5. The molecule has 2 amide bonds. The number of urea groups is 1. The van der Waals surface area contributed by atoms with E-state index in [0.717, 1.165) is 55.1 Å². The summed E-state index contributed by atoms with van der Waals surface area (Å²) in [5, 5.41) is 2.96. The van der Waals surface area contributed by atoms with Gasteiger partial charge < -0.3 is 24.8 Å². The van der Waals surface area contributed by atoms with Gasteiger partial charge in [0.1, 0.15) is 11.6 Å². The van der Waals surface area contributed by atoms with Crippen LogP contribution in [0.1, 0.15) is 25.0 Å². The highest BCUT2D eigenvalue weighted by Crippen LogP contribution is 2.22. The number of nitrogens with zero attached hydrogens (tertiary/aromatic N) is 5. The summed E-state index contributed by atoms with van der Waals surface area (Å²) in [6, 6.07) is 9.36. The van der Waals surface area contributed by atoms with Crippen molar-refractivity contribution >= 4 is 23.5 Å². The molecule has 1 N–H and O–H groups in total. The van der Waals surface area contributed by atoms with Gasteiger partial charge in [0, 0.05) is 62.8 Å². The summed E-state index contributed by atoms with van der Waals surface area (Å²) in [6.45, 7) is 6.89. The quantitative estimate of drug-likeness (QED) is 0.835. The van der Waals surface area contributed by atoms with Gasteiger partial charge in [0.2, 0.25) is 5.95 Å². The van der Waals surface area contributed by atoms with Crippen molar-refractivity contribution in [2.45, 2.75) is 26.2 Å². The Morgan fingerprint density at radius 2 is 1.73 bits per heavy atom. The Bertz CT molecular complexity index is 876. The molecule has 8 heteroatoms. The molecule has 0 spiro atoms. The third kappa shape index (κ3) is 4.75. The van der Waals surface area contributed by atoms with Crippen molar-refractivity contribution in [2.24, 2.45) is 0 Å². The van der Waals surface area contributed by atoms with Gasteiger partial charge in [-0.15, -0.1) is 0 Å². The number of piperidine rings is 1. The van der Waals surface area contributed by atoms with Crippen molar-refractivity contribution in [1.29, 1.82) is 0 Å². The molecular formula is C22H30N6O2. The fraction of sp³-hybridized carbons (Fsp3) is 0.500. The van der Waals surface area contributed by atoms with Crippen LogP contribution in [-0.2, 0) is 0 Å². The maximum atomic E-state index is 12.6. The lowest BCUT2D eigenvalue weighted by atomic mass is 10.1. The Morgan fingerprint density at radius 3 is 2.47 bits per heavy atom. The van der Waals surface area contributed by atoms with Crippen molar-refractivity contribution in [3.8, 4) is 5.75 Å². The maximum absolute atomic E-state index is 12.6. The van der Waals surface area contributed by atoms with Gasteiger partial charge in [-0.2, -0.15) is 4.98 Å². The standard InChI is InChI=1S/C22H30N6O2/c1-17-15-20(25-21(23-17)27-9-4-3-5-10-27)26-11-13-28(14-12-26)22(29)24-18-7-6-8-19(16-18)30-2/h6-8,15-16H,3-5,9-14H2,1-2H3,(H,24,29). The molecule has 2 saturated heterocycles. The topological polar surface area (TPSA) is 73.8 Å². The molecule has 0 atom stereocenters. The molecule has 0 radical (unpaired) electrons. The van der Waals surface area contributed by atoms with Gasteiger partial charge in [0.25, 0.3) is 0 Å². The highest BCUT2D eigenvalue weighted by Gasteiger charge is 2.23. The van der Waals surface area contributed by atoms with Crippen LogP contribution in [0.4, 0.5) is 22.2 Å². The molecule has 4 rings (SSSR count). The van der Waals surface area contributed by atoms with E-state index in [1.165, 1.54) is 19.3 Å². The molecule has 0 bridgehead atoms. The number of carbonyl (C=O) groups is 1. The van der Waals surface area contributed by atoms with E-state index in [1.54, 1.807) is 7.11 Å². The number of hydrogen-bond acceptors (Lipinski definition) is 6. The third-order valence-electron chi connectivity index (χ3n) is 5.68. The van der Waals surface area contributed by atoms with Crippen LogP contribution in [0.25, 0.3) is 0 Å². The summed E-state index contributed by atoms with van der Waals surface area (Å²) < 4.78 is 5.22. The number of methoxy groups -OCH3 is 1. The zero-order valence-electron chi connectivity index (χ0n) is 17.8. The molecule has 8 nitrogen and oxygen atoms in total. The second-order valence-electron chi connectivity index (χ2n) is 7.85. The molecule has 0 unspecified atom stereocenters. The average molecular weight is 411 g/mol. The number of aromatic nitrogens is 2. The van der Waals surface area contributed by atoms with Crippen LogP contribution < -0.4 is 19.9 Å². The molecule has 3 heterocycles. The van der Waals surface area contributed by atoms with Crippen LogP contribution in [0.3, 0.4) is 0 Å². The lowest BCUT2D eigenvalue weighted by Crippen LogP contribution is -2.50. The number of nitrogens with one attached hydrogen (secondary N) is 1. The Morgan fingerprint density at radius 1 is 0.967 bits per heavy atom. The van der Waals surface area contributed by atoms with Gasteiger partial charge in [0.15, 0.2) is 0 Å². The maximum Gasteiger partial charge on any atom is 0.321 e. The Hall–Kier alpha value is -3.03. The molecule has 1 aromatic carbocycles. The van der Waals surface area contributed by atoms with E-state index in [2.05, 4.69) is 20.1 Å². The van der Waals surface area contributed by atoms with E-state index < -0.39 is 0 Å². The Labute approximate surface area is 177 Å². The fourth-order valence-electron chi connectivity index (χ4n) is 3.98. The molecule has 2 aliphatic heterocycles. The average Bonchev–Trinajstić information content (AvgIpc) is 2.79. The first-order valence-electron chi connectivity index (χ1n) is 10.7. The number of rotatable bonds is 4. The van der Waals surface area contributed by atoms with Gasteiger partial charge in [0.05, 0.1) is 7.11 Å². The van der Waals surface area contributed by atoms with E-state index in [0.29, 0.717) is 13.1 Å². The van der Waals surface area contributed by atoms with E-state index in [1.807, 2.05) is 42.2 Å². The summed E-state index contributed by atoms with van der Waals surface area (Å²) in [5.41, 5.74) is 1.72. The van der Waals surface area contributed by atoms with Crippen molar-refractivity contribution in [3.05, 3.63) is 36.0 Å². The minimum Gasteiger partial charge on any atom is -0.497 e. The number of amides is 2. The van der Waals surface area contributed by atoms with Gasteiger partial charge in [-0.3, -0.25) is 0 Å². The molecule has 2 fully saturated rings. The van der Waals surface area contributed by atoms with Crippen LogP contribution in [0.5, 0.6) is 5.75 Å². The van der Waals surface area contributed by atoms with Crippen molar-refractivity contribution in [1.82, 2.24) is 14.9 Å². The van der Waals surface area contributed by atoms with E-state index in [4.69, 9.17) is 9.72 Å².